The highest BCUT2D eigenvalue weighted by molar-refractivity contribution is 6.09. The van der Waals surface area contributed by atoms with Crippen LogP contribution in [0.25, 0.3) is 44.2 Å². The summed E-state index contributed by atoms with van der Waals surface area (Å²) in [5.74, 6) is -1.22. The molecule has 180 valence electrons. The van der Waals surface area contributed by atoms with Crippen molar-refractivity contribution in [3.63, 3.8) is 0 Å². The van der Waals surface area contributed by atoms with E-state index in [1.807, 2.05) is 47.2 Å². The molecule has 3 aromatic carbocycles. The summed E-state index contributed by atoms with van der Waals surface area (Å²) in [7, 11) is 2.80. The summed E-state index contributed by atoms with van der Waals surface area (Å²) in [6.07, 6.45) is 0. The molecule has 0 saturated heterocycles. The second-order valence-electron chi connectivity index (χ2n) is 8.49. The van der Waals surface area contributed by atoms with Crippen LogP contribution in [0.2, 0.25) is 0 Å². The number of halogens is 2. The quantitative estimate of drug-likeness (QED) is 0.288. The molecular weight excluding hydrogens is 452 g/mol. The fourth-order valence-corrected chi connectivity index (χ4v) is 4.85. The van der Waals surface area contributed by atoms with Crippen LogP contribution in [0.4, 0.5) is 8.78 Å². The van der Waals surface area contributed by atoms with Crippen molar-refractivity contribution in [2.75, 3.05) is 20.8 Å². The van der Waals surface area contributed by atoms with E-state index in [2.05, 4.69) is 4.98 Å². The molecule has 2 aromatic heterocycles. The normalized spacial score (nSPS) is 11.7. The van der Waals surface area contributed by atoms with Crippen molar-refractivity contribution in [1.82, 2.24) is 14.1 Å². The summed E-state index contributed by atoms with van der Waals surface area (Å²) >= 11 is 0. The molecule has 5 rings (SSSR count). The van der Waals surface area contributed by atoms with Gasteiger partial charge in [0.2, 0.25) is 0 Å². The Morgan fingerprint density at radius 1 is 1.00 bits per heavy atom. The number of hydrogen-bond acceptors (Lipinski definition) is 4. The Morgan fingerprint density at radius 2 is 1.77 bits per heavy atom. The van der Waals surface area contributed by atoms with Crippen LogP contribution in [0.15, 0.2) is 42.5 Å². The number of rotatable bonds is 6. The zero-order valence-corrected chi connectivity index (χ0v) is 20.0. The van der Waals surface area contributed by atoms with E-state index < -0.39 is 11.8 Å². The number of ether oxygens (including phenoxy) is 2. The molecule has 8 heteroatoms. The number of esters is 1. The predicted octanol–water partition coefficient (Wildman–Crippen LogP) is 5.85. The molecule has 0 bridgehead atoms. The van der Waals surface area contributed by atoms with Gasteiger partial charge in [0.05, 0.1) is 30.3 Å². The van der Waals surface area contributed by atoms with Crippen LogP contribution in [0, 0.1) is 18.6 Å². The number of methoxy groups -OCH3 is 2. The lowest BCUT2D eigenvalue weighted by Gasteiger charge is -2.10. The summed E-state index contributed by atoms with van der Waals surface area (Å²) in [5.41, 5.74) is 3.51. The van der Waals surface area contributed by atoms with Gasteiger partial charge in [-0.3, -0.25) is 0 Å². The van der Waals surface area contributed by atoms with E-state index in [9.17, 15) is 9.18 Å². The zero-order valence-electron chi connectivity index (χ0n) is 20.0. The van der Waals surface area contributed by atoms with Gasteiger partial charge in [-0.25, -0.2) is 18.6 Å². The van der Waals surface area contributed by atoms with Crippen LogP contribution in [-0.4, -0.2) is 40.9 Å². The van der Waals surface area contributed by atoms with Gasteiger partial charge in [-0.1, -0.05) is 0 Å². The highest BCUT2D eigenvalue weighted by Crippen LogP contribution is 2.36. The first-order chi connectivity index (χ1) is 16.9. The van der Waals surface area contributed by atoms with Crippen molar-refractivity contribution in [2.24, 2.45) is 0 Å². The Bertz CT molecular complexity index is 1620. The first kappa shape index (κ1) is 23.0. The van der Waals surface area contributed by atoms with E-state index in [0.29, 0.717) is 36.6 Å². The molecule has 0 atom stereocenters. The minimum Gasteiger partial charge on any atom is -0.465 e. The standard InChI is InChI=1S/C27H25F2N3O3/c1-5-31-21-8-6-16(14-18(21)19-12-15(2)13-20(28)25(19)31)26-30-24-22(32(26)10-11-34-3)9-7-17(23(24)29)27(33)35-4/h6-9,12-14H,5,10-11H2,1-4H3. The van der Waals surface area contributed by atoms with Crippen LogP contribution in [0.5, 0.6) is 0 Å². The third-order valence-corrected chi connectivity index (χ3v) is 6.41. The minimum atomic E-state index is -0.761. The first-order valence-electron chi connectivity index (χ1n) is 11.4. The lowest BCUT2D eigenvalue weighted by atomic mass is 10.1. The topological polar surface area (TPSA) is 58.3 Å². The zero-order chi connectivity index (χ0) is 24.9. The van der Waals surface area contributed by atoms with Gasteiger partial charge in [-0.15, -0.1) is 0 Å². The predicted molar refractivity (Wildman–Crippen MR) is 132 cm³/mol. The largest absolute Gasteiger partial charge is 0.465 e. The monoisotopic (exact) mass is 477 g/mol. The van der Waals surface area contributed by atoms with Crippen molar-refractivity contribution >= 4 is 38.8 Å². The molecule has 35 heavy (non-hydrogen) atoms. The molecule has 0 fully saturated rings. The molecule has 0 amide bonds. The number of nitrogens with zero attached hydrogens (tertiary/aromatic N) is 3. The number of carbonyl (C=O) groups is 1. The van der Waals surface area contributed by atoms with Crippen LogP contribution in [0.3, 0.4) is 0 Å². The molecule has 0 aliphatic carbocycles. The number of hydrogen-bond donors (Lipinski definition) is 0. The maximum absolute atomic E-state index is 15.3. The third-order valence-electron chi connectivity index (χ3n) is 6.41. The molecular formula is C27H25F2N3O3. The molecule has 6 nitrogen and oxygen atoms in total. The van der Waals surface area contributed by atoms with Crippen LogP contribution < -0.4 is 0 Å². The fraction of sp³-hybridized carbons (Fsp3) is 0.259. The molecule has 0 unspecified atom stereocenters. The summed E-state index contributed by atoms with van der Waals surface area (Å²) in [4.78, 5) is 16.6. The van der Waals surface area contributed by atoms with Gasteiger partial charge in [-0.2, -0.15) is 0 Å². The number of carbonyl (C=O) groups excluding carboxylic acids is 1. The average molecular weight is 478 g/mol. The van der Waals surface area contributed by atoms with Gasteiger partial charge in [0, 0.05) is 42.1 Å². The summed E-state index contributed by atoms with van der Waals surface area (Å²) in [6.45, 7) is 5.29. The first-order valence-corrected chi connectivity index (χ1v) is 11.4. The van der Waals surface area contributed by atoms with Gasteiger partial charge in [0.1, 0.15) is 17.2 Å². The molecule has 0 aliphatic rings. The number of aromatic nitrogens is 3. The Morgan fingerprint density at radius 3 is 2.49 bits per heavy atom. The molecule has 0 saturated carbocycles. The van der Waals surface area contributed by atoms with Crippen molar-refractivity contribution in [3.05, 3.63) is 65.2 Å². The molecule has 2 heterocycles. The lowest BCUT2D eigenvalue weighted by molar-refractivity contribution is 0.0596. The minimum absolute atomic E-state index is 0.0805. The van der Waals surface area contributed by atoms with E-state index in [1.54, 1.807) is 19.2 Å². The number of fused-ring (bicyclic) bond motifs is 4. The number of imidazole rings is 1. The molecule has 0 radical (unpaired) electrons. The van der Waals surface area contributed by atoms with E-state index in [-0.39, 0.29) is 16.9 Å². The summed E-state index contributed by atoms with van der Waals surface area (Å²) < 4.78 is 44.0. The van der Waals surface area contributed by atoms with Crippen molar-refractivity contribution in [1.29, 1.82) is 0 Å². The Balaban J connectivity index is 1.79. The fourth-order valence-electron chi connectivity index (χ4n) is 4.85. The highest BCUT2D eigenvalue weighted by atomic mass is 19.1. The van der Waals surface area contributed by atoms with Crippen LogP contribution in [0.1, 0.15) is 22.8 Å². The highest BCUT2D eigenvalue weighted by Gasteiger charge is 2.22. The summed E-state index contributed by atoms with van der Waals surface area (Å²) in [6, 6.07) is 12.4. The molecule has 0 aliphatic heterocycles. The molecule has 0 spiro atoms. The number of aryl methyl sites for hydroxylation is 2. The Labute approximate surface area is 200 Å². The van der Waals surface area contributed by atoms with E-state index in [1.165, 1.54) is 13.2 Å². The average Bonchev–Trinajstić information content (AvgIpc) is 3.38. The maximum Gasteiger partial charge on any atom is 0.340 e. The van der Waals surface area contributed by atoms with Gasteiger partial charge in [-0.05, 0) is 61.9 Å². The second-order valence-corrected chi connectivity index (χ2v) is 8.49. The number of benzene rings is 3. The third kappa shape index (κ3) is 3.56. The van der Waals surface area contributed by atoms with Gasteiger partial charge in [0.25, 0.3) is 0 Å². The van der Waals surface area contributed by atoms with Crippen molar-refractivity contribution in [2.45, 2.75) is 26.9 Å². The van der Waals surface area contributed by atoms with E-state index >= 15 is 4.39 Å². The smallest absolute Gasteiger partial charge is 0.340 e. The Kier molecular flexibility index (Phi) is 5.76. The SMILES string of the molecule is CCn1c2ccc(-c3nc4c(F)c(C(=O)OC)ccc4n3CCOC)cc2c2cc(C)cc(F)c21. The molecule has 0 N–H and O–H groups in total. The van der Waals surface area contributed by atoms with Gasteiger partial charge >= 0.3 is 5.97 Å². The van der Waals surface area contributed by atoms with Crippen molar-refractivity contribution in [3.8, 4) is 11.4 Å². The lowest BCUT2D eigenvalue weighted by Crippen LogP contribution is -2.07. The van der Waals surface area contributed by atoms with E-state index in [4.69, 9.17) is 9.47 Å². The van der Waals surface area contributed by atoms with Gasteiger partial charge in [0.15, 0.2) is 5.82 Å². The second kappa shape index (κ2) is 8.78. The van der Waals surface area contributed by atoms with Crippen LogP contribution in [-0.2, 0) is 22.6 Å². The molecule has 5 aromatic rings. The van der Waals surface area contributed by atoms with Crippen LogP contribution >= 0.6 is 0 Å². The van der Waals surface area contributed by atoms with Gasteiger partial charge < -0.3 is 18.6 Å². The van der Waals surface area contributed by atoms with Crippen molar-refractivity contribution < 1.29 is 23.0 Å². The Hall–Kier alpha value is -3.78. The maximum atomic E-state index is 15.3. The summed E-state index contributed by atoms with van der Waals surface area (Å²) in [5, 5.41) is 1.71. The van der Waals surface area contributed by atoms with E-state index in [0.717, 1.165) is 27.4 Å².